The maximum absolute atomic E-state index is 13.5. The molecule has 1 aliphatic carbocycles. The molecule has 1 amide bonds. The SMILES string of the molecule is COc1cc(-c2sc(Cl)cc2NC(=O)OC(C)c2ccc(F)cc2C)ccc1-c1ccc(C2(C(=O)O)CC2)cc1. The summed E-state index contributed by atoms with van der Waals surface area (Å²) in [6.07, 6.45) is 0.0508. The minimum absolute atomic E-state index is 0.348. The highest BCUT2D eigenvalue weighted by atomic mass is 35.5. The second-order valence-electron chi connectivity index (χ2n) is 9.85. The van der Waals surface area contributed by atoms with E-state index in [4.69, 9.17) is 21.1 Å². The number of carboxylic acids is 1. The van der Waals surface area contributed by atoms with Crippen molar-refractivity contribution in [3.63, 3.8) is 0 Å². The minimum atomic E-state index is -0.787. The molecular formula is C31H27ClFNO5S. The summed E-state index contributed by atoms with van der Waals surface area (Å²) in [5.41, 5.74) is 4.46. The molecule has 206 valence electrons. The van der Waals surface area contributed by atoms with E-state index in [1.54, 1.807) is 33.1 Å². The molecule has 1 aliphatic rings. The van der Waals surface area contributed by atoms with E-state index in [0.29, 0.717) is 39.7 Å². The number of nitrogens with one attached hydrogen (secondary N) is 1. The van der Waals surface area contributed by atoms with E-state index < -0.39 is 23.6 Å². The highest BCUT2D eigenvalue weighted by Crippen LogP contribution is 2.49. The molecule has 3 aromatic carbocycles. The highest BCUT2D eigenvalue weighted by Gasteiger charge is 2.51. The van der Waals surface area contributed by atoms with Gasteiger partial charge in [-0.2, -0.15) is 0 Å². The van der Waals surface area contributed by atoms with Gasteiger partial charge < -0.3 is 14.6 Å². The largest absolute Gasteiger partial charge is 0.496 e. The fourth-order valence-electron chi connectivity index (χ4n) is 4.92. The lowest BCUT2D eigenvalue weighted by molar-refractivity contribution is -0.140. The Bertz CT molecular complexity index is 1600. The maximum Gasteiger partial charge on any atom is 0.412 e. The number of carbonyl (C=O) groups excluding carboxylic acids is 1. The summed E-state index contributed by atoms with van der Waals surface area (Å²) in [6, 6.07) is 19.2. The molecule has 40 heavy (non-hydrogen) atoms. The van der Waals surface area contributed by atoms with Crippen LogP contribution < -0.4 is 10.1 Å². The molecule has 2 N–H and O–H groups in total. The maximum atomic E-state index is 13.5. The van der Waals surface area contributed by atoms with Gasteiger partial charge >= 0.3 is 12.1 Å². The van der Waals surface area contributed by atoms with Gasteiger partial charge in [-0.25, -0.2) is 9.18 Å². The normalized spacial score (nSPS) is 14.3. The van der Waals surface area contributed by atoms with Crippen LogP contribution in [0.15, 0.2) is 66.7 Å². The monoisotopic (exact) mass is 579 g/mol. The first-order chi connectivity index (χ1) is 19.1. The van der Waals surface area contributed by atoms with Gasteiger partial charge in [0, 0.05) is 5.56 Å². The summed E-state index contributed by atoms with van der Waals surface area (Å²) in [5, 5.41) is 12.4. The molecule has 6 nitrogen and oxygen atoms in total. The fraction of sp³-hybridized carbons (Fsp3) is 0.226. The van der Waals surface area contributed by atoms with Crippen molar-refractivity contribution in [2.24, 2.45) is 0 Å². The highest BCUT2D eigenvalue weighted by molar-refractivity contribution is 7.20. The quantitative estimate of drug-likeness (QED) is 0.218. The lowest BCUT2D eigenvalue weighted by Gasteiger charge is -2.17. The van der Waals surface area contributed by atoms with Gasteiger partial charge in [0.15, 0.2) is 0 Å². The Balaban J connectivity index is 1.36. The van der Waals surface area contributed by atoms with Crippen LogP contribution in [0.4, 0.5) is 14.9 Å². The van der Waals surface area contributed by atoms with Gasteiger partial charge in [-0.05, 0) is 78.8 Å². The number of carbonyl (C=O) groups is 2. The van der Waals surface area contributed by atoms with Gasteiger partial charge in [0.1, 0.15) is 17.7 Å². The molecule has 9 heteroatoms. The lowest BCUT2D eigenvalue weighted by Crippen LogP contribution is -2.19. The number of aryl methyl sites for hydroxylation is 1. The van der Waals surface area contributed by atoms with E-state index in [2.05, 4.69) is 5.32 Å². The number of hydrogen-bond donors (Lipinski definition) is 2. The zero-order chi connectivity index (χ0) is 28.6. The Morgan fingerprint density at radius 2 is 1.75 bits per heavy atom. The molecule has 1 fully saturated rings. The van der Waals surface area contributed by atoms with Crippen LogP contribution in [-0.2, 0) is 14.9 Å². The molecule has 1 saturated carbocycles. The van der Waals surface area contributed by atoms with Crippen molar-refractivity contribution < 1.29 is 28.6 Å². The van der Waals surface area contributed by atoms with Gasteiger partial charge in [-0.3, -0.25) is 10.1 Å². The molecule has 1 aromatic heterocycles. The molecule has 0 aliphatic heterocycles. The first-order valence-corrected chi connectivity index (χ1v) is 13.9. The van der Waals surface area contributed by atoms with Gasteiger partial charge in [0.2, 0.25) is 0 Å². The van der Waals surface area contributed by atoms with Crippen LogP contribution in [0.25, 0.3) is 21.6 Å². The Labute approximate surface area is 240 Å². The number of methoxy groups -OCH3 is 1. The summed E-state index contributed by atoms with van der Waals surface area (Å²) in [7, 11) is 1.58. The topological polar surface area (TPSA) is 84.9 Å². The van der Waals surface area contributed by atoms with E-state index in [9.17, 15) is 19.1 Å². The van der Waals surface area contributed by atoms with Crippen LogP contribution in [0.3, 0.4) is 0 Å². The number of carboxylic acid groups (broad SMARTS) is 1. The van der Waals surface area contributed by atoms with Crippen molar-refractivity contribution in [3.05, 3.63) is 93.6 Å². The Kier molecular flexibility index (Phi) is 7.57. The van der Waals surface area contributed by atoms with Crippen LogP contribution >= 0.6 is 22.9 Å². The number of anilines is 1. The number of benzene rings is 3. The van der Waals surface area contributed by atoms with Crippen LogP contribution in [-0.4, -0.2) is 24.3 Å². The van der Waals surface area contributed by atoms with Gasteiger partial charge in [0.25, 0.3) is 0 Å². The first-order valence-electron chi connectivity index (χ1n) is 12.7. The van der Waals surface area contributed by atoms with Crippen LogP contribution in [0.1, 0.15) is 42.6 Å². The van der Waals surface area contributed by atoms with Crippen LogP contribution in [0.2, 0.25) is 4.34 Å². The molecule has 0 spiro atoms. The number of halogens is 2. The van der Waals surface area contributed by atoms with Crippen molar-refractivity contribution in [2.75, 3.05) is 12.4 Å². The van der Waals surface area contributed by atoms with E-state index in [-0.39, 0.29) is 5.82 Å². The third kappa shape index (κ3) is 5.42. The van der Waals surface area contributed by atoms with E-state index in [1.165, 1.54) is 23.5 Å². The third-order valence-electron chi connectivity index (χ3n) is 7.26. The number of amides is 1. The molecule has 0 radical (unpaired) electrons. The smallest absolute Gasteiger partial charge is 0.412 e. The minimum Gasteiger partial charge on any atom is -0.496 e. The summed E-state index contributed by atoms with van der Waals surface area (Å²) in [5.74, 6) is -0.521. The zero-order valence-corrected chi connectivity index (χ0v) is 23.7. The Hall–Kier alpha value is -3.88. The zero-order valence-electron chi connectivity index (χ0n) is 22.1. The molecule has 5 rings (SSSR count). The van der Waals surface area contributed by atoms with Gasteiger partial charge in [-0.1, -0.05) is 54.1 Å². The molecule has 0 saturated heterocycles. The molecule has 1 atom stereocenters. The van der Waals surface area contributed by atoms with Crippen molar-refractivity contribution in [3.8, 4) is 27.3 Å². The molecule has 4 aromatic rings. The van der Waals surface area contributed by atoms with Gasteiger partial charge in [-0.15, -0.1) is 11.3 Å². The van der Waals surface area contributed by atoms with Crippen molar-refractivity contribution in [2.45, 2.75) is 38.2 Å². The van der Waals surface area contributed by atoms with Crippen LogP contribution in [0, 0.1) is 12.7 Å². The first kappa shape index (κ1) is 27.7. The summed E-state index contributed by atoms with van der Waals surface area (Å²) >= 11 is 7.64. The molecule has 1 heterocycles. The number of rotatable bonds is 8. The number of hydrogen-bond acceptors (Lipinski definition) is 5. The van der Waals surface area contributed by atoms with Crippen molar-refractivity contribution in [1.29, 1.82) is 0 Å². The summed E-state index contributed by atoms with van der Waals surface area (Å²) in [4.78, 5) is 25.2. The van der Waals surface area contributed by atoms with E-state index in [0.717, 1.165) is 27.1 Å². The predicted molar refractivity (Wildman–Crippen MR) is 155 cm³/mol. The van der Waals surface area contributed by atoms with Crippen molar-refractivity contribution in [1.82, 2.24) is 0 Å². The lowest BCUT2D eigenvalue weighted by atomic mass is 9.93. The van der Waals surface area contributed by atoms with Crippen LogP contribution in [0.5, 0.6) is 5.75 Å². The Morgan fingerprint density at radius 3 is 2.38 bits per heavy atom. The number of ether oxygens (including phenoxy) is 2. The summed E-state index contributed by atoms with van der Waals surface area (Å²) in [6.45, 7) is 3.49. The molecule has 0 bridgehead atoms. The van der Waals surface area contributed by atoms with Crippen molar-refractivity contribution >= 4 is 40.7 Å². The fourth-order valence-corrected chi connectivity index (χ4v) is 6.09. The average molecular weight is 580 g/mol. The second-order valence-corrected chi connectivity index (χ2v) is 11.5. The molecular weight excluding hydrogens is 553 g/mol. The second kappa shape index (κ2) is 10.9. The van der Waals surface area contributed by atoms with Gasteiger partial charge in [0.05, 0.1) is 27.4 Å². The summed E-state index contributed by atoms with van der Waals surface area (Å²) < 4.78 is 25.2. The number of thiophene rings is 1. The standard InChI is InChI=1S/C31H27ClFNO5S/c1-17-14-22(33)9-11-23(17)18(2)39-30(37)34-25-16-27(32)40-28(25)20-6-10-24(26(15-20)38-3)19-4-7-21(8-5-19)31(12-13-31)29(35)36/h4-11,14-16,18H,12-13H2,1-3H3,(H,34,37)(H,35,36). The molecule has 1 unspecified atom stereocenters. The van der Waals surface area contributed by atoms with E-state index >= 15 is 0 Å². The Morgan fingerprint density at radius 1 is 1.05 bits per heavy atom. The number of aliphatic carboxylic acids is 1. The predicted octanol–water partition coefficient (Wildman–Crippen LogP) is 8.62. The third-order valence-corrected chi connectivity index (χ3v) is 8.58. The average Bonchev–Trinajstić information content (AvgIpc) is 3.66. The van der Waals surface area contributed by atoms with E-state index in [1.807, 2.05) is 42.5 Å².